The van der Waals surface area contributed by atoms with Gasteiger partial charge in [-0.2, -0.15) is 0 Å². The summed E-state index contributed by atoms with van der Waals surface area (Å²) in [4.78, 5) is 2.40. The van der Waals surface area contributed by atoms with E-state index >= 15 is 0 Å². The number of hydrogen-bond donors (Lipinski definition) is 0. The molecule has 2 aromatic carbocycles. The Balaban J connectivity index is 2.28. The van der Waals surface area contributed by atoms with Gasteiger partial charge in [0.25, 0.3) is 0 Å². The van der Waals surface area contributed by atoms with E-state index in [4.69, 9.17) is 14.2 Å². The van der Waals surface area contributed by atoms with Crippen molar-refractivity contribution in [1.29, 1.82) is 0 Å². The van der Waals surface area contributed by atoms with E-state index in [1.165, 1.54) is 5.56 Å². The van der Waals surface area contributed by atoms with Crippen LogP contribution in [0.3, 0.4) is 0 Å². The molecule has 130 valence electrons. The van der Waals surface area contributed by atoms with Crippen molar-refractivity contribution in [3.63, 3.8) is 0 Å². The molecule has 0 amide bonds. The lowest BCUT2D eigenvalue weighted by molar-refractivity contribution is 0.200. The van der Waals surface area contributed by atoms with Crippen LogP contribution in [0.2, 0.25) is 0 Å². The van der Waals surface area contributed by atoms with Gasteiger partial charge in [0.2, 0.25) is 0 Å². The van der Waals surface area contributed by atoms with Gasteiger partial charge in [-0.25, -0.2) is 0 Å². The van der Waals surface area contributed by atoms with Crippen LogP contribution in [0.5, 0.6) is 17.2 Å². The van der Waals surface area contributed by atoms with E-state index in [2.05, 4.69) is 43.0 Å². The molecular weight excluding hydrogens is 302 g/mol. The predicted molar refractivity (Wildman–Crippen MR) is 96.9 cm³/mol. The zero-order valence-electron chi connectivity index (χ0n) is 15.2. The van der Waals surface area contributed by atoms with Crippen LogP contribution < -0.4 is 14.2 Å². The Morgan fingerprint density at radius 1 is 0.792 bits per heavy atom. The molecule has 24 heavy (non-hydrogen) atoms. The Kier molecular flexibility index (Phi) is 6.50. The molecule has 0 radical (unpaired) electrons. The first-order valence-corrected chi connectivity index (χ1v) is 8.15. The van der Waals surface area contributed by atoms with Gasteiger partial charge >= 0.3 is 0 Å². The molecule has 0 saturated heterocycles. The standard InChI is InChI=1S/C20H27NO3/c1-15(2)21(13-16-9-7-6-8-10-16)14-17-11-19(23-4)20(24-5)12-18(17)22-3/h6-12,15H,13-14H2,1-5H3. The number of benzene rings is 2. The zero-order valence-corrected chi connectivity index (χ0v) is 15.2. The van der Waals surface area contributed by atoms with Gasteiger partial charge in [0, 0.05) is 30.8 Å². The second-order valence-electron chi connectivity index (χ2n) is 6.00. The molecule has 4 heteroatoms. The Morgan fingerprint density at radius 3 is 1.92 bits per heavy atom. The van der Waals surface area contributed by atoms with E-state index in [0.717, 1.165) is 30.2 Å². The van der Waals surface area contributed by atoms with Crippen molar-refractivity contribution in [2.45, 2.75) is 33.0 Å². The highest BCUT2D eigenvalue weighted by molar-refractivity contribution is 5.50. The topological polar surface area (TPSA) is 30.9 Å². The normalized spacial score (nSPS) is 11.0. The monoisotopic (exact) mass is 329 g/mol. The van der Waals surface area contributed by atoms with Gasteiger partial charge in [0.1, 0.15) is 5.75 Å². The van der Waals surface area contributed by atoms with Crippen molar-refractivity contribution in [2.24, 2.45) is 0 Å². The highest BCUT2D eigenvalue weighted by atomic mass is 16.5. The minimum atomic E-state index is 0.406. The van der Waals surface area contributed by atoms with E-state index in [1.54, 1.807) is 21.3 Å². The van der Waals surface area contributed by atoms with Gasteiger partial charge in [-0.15, -0.1) is 0 Å². The molecular formula is C20H27NO3. The van der Waals surface area contributed by atoms with Crippen molar-refractivity contribution in [3.8, 4) is 17.2 Å². The summed E-state index contributed by atoms with van der Waals surface area (Å²) in [5, 5.41) is 0. The Hall–Kier alpha value is -2.20. The summed E-state index contributed by atoms with van der Waals surface area (Å²) in [7, 11) is 4.97. The molecule has 0 aliphatic heterocycles. The number of nitrogens with zero attached hydrogens (tertiary/aromatic N) is 1. The summed E-state index contributed by atoms with van der Waals surface area (Å²) < 4.78 is 16.4. The van der Waals surface area contributed by atoms with Crippen LogP contribution in [0.25, 0.3) is 0 Å². The predicted octanol–water partition coefficient (Wildman–Crippen LogP) is 4.12. The molecule has 0 fully saturated rings. The fourth-order valence-electron chi connectivity index (χ4n) is 2.67. The van der Waals surface area contributed by atoms with Crippen molar-refractivity contribution >= 4 is 0 Å². The first kappa shape index (κ1) is 18.1. The molecule has 4 nitrogen and oxygen atoms in total. The average Bonchev–Trinajstić information content (AvgIpc) is 2.61. The number of rotatable bonds is 8. The first-order valence-electron chi connectivity index (χ1n) is 8.15. The Labute approximate surface area is 145 Å². The fourth-order valence-corrected chi connectivity index (χ4v) is 2.67. The zero-order chi connectivity index (χ0) is 17.5. The van der Waals surface area contributed by atoms with E-state index in [1.807, 2.05) is 18.2 Å². The van der Waals surface area contributed by atoms with Crippen LogP contribution in [0.1, 0.15) is 25.0 Å². The van der Waals surface area contributed by atoms with E-state index in [9.17, 15) is 0 Å². The van der Waals surface area contributed by atoms with Gasteiger partial charge in [0.05, 0.1) is 21.3 Å². The van der Waals surface area contributed by atoms with Crippen LogP contribution in [0.15, 0.2) is 42.5 Å². The minimum Gasteiger partial charge on any atom is -0.496 e. The molecule has 0 N–H and O–H groups in total. The lowest BCUT2D eigenvalue weighted by Crippen LogP contribution is -2.30. The summed E-state index contributed by atoms with van der Waals surface area (Å²) >= 11 is 0. The van der Waals surface area contributed by atoms with Crippen LogP contribution in [-0.4, -0.2) is 32.3 Å². The third-order valence-electron chi connectivity index (χ3n) is 4.12. The fraction of sp³-hybridized carbons (Fsp3) is 0.400. The van der Waals surface area contributed by atoms with Crippen molar-refractivity contribution in [3.05, 3.63) is 53.6 Å². The molecule has 0 aliphatic carbocycles. The summed E-state index contributed by atoms with van der Waals surface area (Å²) in [5.41, 5.74) is 2.38. The molecule has 0 heterocycles. The van der Waals surface area contributed by atoms with Crippen molar-refractivity contribution < 1.29 is 14.2 Å². The van der Waals surface area contributed by atoms with Crippen LogP contribution >= 0.6 is 0 Å². The molecule has 0 atom stereocenters. The first-order chi connectivity index (χ1) is 11.6. The van der Waals surface area contributed by atoms with Gasteiger partial charge in [0.15, 0.2) is 11.5 Å². The number of ether oxygens (including phenoxy) is 3. The molecule has 0 aromatic heterocycles. The second kappa shape index (κ2) is 8.60. The van der Waals surface area contributed by atoms with E-state index in [-0.39, 0.29) is 0 Å². The second-order valence-corrected chi connectivity index (χ2v) is 6.00. The molecule has 2 aromatic rings. The van der Waals surface area contributed by atoms with E-state index < -0.39 is 0 Å². The molecule has 0 saturated carbocycles. The maximum atomic E-state index is 5.56. The third kappa shape index (κ3) is 4.42. The highest BCUT2D eigenvalue weighted by Gasteiger charge is 2.17. The highest BCUT2D eigenvalue weighted by Crippen LogP contribution is 2.35. The van der Waals surface area contributed by atoms with Gasteiger partial charge in [-0.05, 0) is 25.5 Å². The average molecular weight is 329 g/mol. The van der Waals surface area contributed by atoms with Gasteiger partial charge in [-0.3, -0.25) is 4.90 Å². The lowest BCUT2D eigenvalue weighted by atomic mass is 10.1. The quantitative estimate of drug-likeness (QED) is 0.729. The third-order valence-corrected chi connectivity index (χ3v) is 4.12. The summed E-state index contributed by atoms with van der Waals surface area (Å²) in [6.07, 6.45) is 0. The van der Waals surface area contributed by atoms with Gasteiger partial charge in [-0.1, -0.05) is 30.3 Å². The van der Waals surface area contributed by atoms with Crippen LogP contribution in [-0.2, 0) is 13.1 Å². The minimum absolute atomic E-state index is 0.406. The van der Waals surface area contributed by atoms with Gasteiger partial charge < -0.3 is 14.2 Å². The molecule has 0 unspecified atom stereocenters. The maximum absolute atomic E-state index is 5.56. The largest absolute Gasteiger partial charge is 0.496 e. The Morgan fingerprint density at radius 2 is 1.38 bits per heavy atom. The molecule has 0 aliphatic rings. The van der Waals surface area contributed by atoms with E-state index in [0.29, 0.717) is 11.8 Å². The maximum Gasteiger partial charge on any atom is 0.164 e. The summed E-state index contributed by atoms with van der Waals surface area (Å²) in [5.74, 6) is 2.21. The van der Waals surface area contributed by atoms with Crippen molar-refractivity contribution in [1.82, 2.24) is 4.90 Å². The smallest absolute Gasteiger partial charge is 0.164 e. The molecule has 2 rings (SSSR count). The lowest BCUT2D eigenvalue weighted by Gasteiger charge is -2.27. The molecule has 0 spiro atoms. The van der Waals surface area contributed by atoms with Crippen molar-refractivity contribution in [2.75, 3.05) is 21.3 Å². The summed E-state index contributed by atoms with van der Waals surface area (Å²) in [6.45, 7) is 6.07. The Bertz CT molecular complexity index is 641. The SMILES string of the molecule is COc1cc(OC)c(OC)cc1CN(Cc1ccccc1)C(C)C. The molecule has 0 bridgehead atoms. The van der Waals surface area contributed by atoms with Crippen LogP contribution in [0.4, 0.5) is 0 Å². The number of hydrogen-bond acceptors (Lipinski definition) is 4. The van der Waals surface area contributed by atoms with Crippen LogP contribution in [0, 0.1) is 0 Å². The summed E-state index contributed by atoms with van der Waals surface area (Å²) in [6, 6.07) is 14.8. The number of methoxy groups -OCH3 is 3.